The van der Waals surface area contributed by atoms with Gasteiger partial charge in [0.25, 0.3) is 5.91 Å². The van der Waals surface area contributed by atoms with Crippen molar-refractivity contribution in [3.05, 3.63) is 23.9 Å². The predicted octanol–water partition coefficient (Wildman–Crippen LogP) is 0.513. The van der Waals surface area contributed by atoms with Gasteiger partial charge in [-0.25, -0.2) is 4.98 Å². The third-order valence-corrected chi connectivity index (χ3v) is 4.95. The normalized spacial score (nSPS) is 22.2. The fourth-order valence-electron chi connectivity index (χ4n) is 3.54. The number of likely N-dealkylation sites (tertiary alicyclic amines) is 1. The molecule has 3 N–H and O–H groups in total. The molecule has 1 aromatic heterocycles. The zero-order chi connectivity index (χ0) is 18.5. The van der Waals surface area contributed by atoms with E-state index in [2.05, 4.69) is 20.9 Å². The van der Waals surface area contributed by atoms with Crippen molar-refractivity contribution in [2.24, 2.45) is 0 Å². The van der Waals surface area contributed by atoms with Gasteiger partial charge in [-0.1, -0.05) is 6.07 Å². The van der Waals surface area contributed by atoms with E-state index in [9.17, 15) is 14.4 Å². The average Bonchev–Trinajstić information content (AvgIpc) is 3.30. The smallest absolute Gasteiger partial charge is 0.272 e. The van der Waals surface area contributed by atoms with Crippen molar-refractivity contribution in [1.82, 2.24) is 20.5 Å². The number of amides is 3. The Labute approximate surface area is 152 Å². The largest absolute Gasteiger partial charge is 0.373 e. The van der Waals surface area contributed by atoms with Crippen molar-refractivity contribution < 1.29 is 14.4 Å². The average molecular weight is 359 g/mol. The van der Waals surface area contributed by atoms with E-state index in [4.69, 9.17) is 0 Å². The Morgan fingerprint density at radius 2 is 2.19 bits per heavy atom. The van der Waals surface area contributed by atoms with Gasteiger partial charge < -0.3 is 20.9 Å². The molecule has 1 unspecified atom stereocenters. The molecule has 140 valence electrons. The molecular formula is C18H25N5O3. The quantitative estimate of drug-likeness (QED) is 0.687. The molecule has 2 fully saturated rings. The predicted molar refractivity (Wildman–Crippen MR) is 96.6 cm³/mol. The summed E-state index contributed by atoms with van der Waals surface area (Å²) in [6.45, 7) is 1.20. The van der Waals surface area contributed by atoms with Crippen LogP contribution in [0.15, 0.2) is 18.2 Å². The van der Waals surface area contributed by atoms with Crippen LogP contribution in [-0.4, -0.2) is 59.8 Å². The van der Waals surface area contributed by atoms with Gasteiger partial charge in [0.1, 0.15) is 17.6 Å². The summed E-state index contributed by atoms with van der Waals surface area (Å²) in [4.78, 5) is 42.2. The Kier molecular flexibility index (Phi) is 5.70. The SMILES string of the molecule is CNc1cccc(C(=O)N2CCC[C@@H]2CCNC(=O)C2CCC(=O)N2)n1. The second-order valence-corrected chi connectivity index (χ2v) is 6.69. The summed E-state index contributed by atoms with van der Waals surface area (Å²) in [6.07, 6.45) is 3.53. The third-order valence-electron chi connectivity index (χ3n) is 4.95. The summed E-state index contributed by atoms with van der Waals surface area (Å²) in [5, 5.41) is 8.48. The summed E-state index contributed by atoms with van der Waals surface area (Å²) < 4.78 is 0. The van der Waals surface area contributed by atoms with Crippen LogP contribution in [0.25, 0.3) is 0 Å². The number of carbonyl (C=O) groups excluding carboxylic acids is 3. The van der Waals surface area contributed by atoms with Gasteiger partial charge in [-0.05, 0) is 37.8 Å². The Hall–Kier alpha value is -2.64. The lowest BCUT2D eigenvalue weighted by atomic mass is 10.1. The third kappa shape index (κ3) is 4.12. The van der Waals surface area contributed by atoms with E-state index in [0.717, 1.165) is 12.8 Å². The molecule has 2 saturated heterocycles. The van der Waals surface area contributed by atoms with Crippen molar-refractivity contribution in [1.29, 1.82) is 0 Å². The molecule has 3 amide bonds. The second kappa shape index (κ2) is 8.16. The molecule has 2 aliphatic rings. The number of hydrogen-bond donors (Lipinski definition) is 3. The molecule has 0 spiro atoms. The number of rotatable bonds is 6. The minimum absolute atomic E-state index is 0.0704. The number of carbonyl (C=O) groups is 3. The summed E-state index contributed by atoms with van der Waals surface area (Å²) in [5.74, 6) is 0.376. The number of nitrogens with one attached hydrogen (secondary N) is 3. The summed E-state index contributed by atoms with van der Waals surface area (Å²) in [6, 6.07) is 5.03. The topological polar surface area (TPSA) is 103 Å². The highest BCUT2D eigenvalue weighted by atomic mass is 16.2. The van der Waals surface area contributed by atoms with E-state index in [-0.39, 0.29) is 23.8 Å². The van der Waals surface area contributed by atoms with Crippen LogP contribution in [0.4, 0.5) is 5.82 Å². The van der Waals surface area contributed by atoms with Crippen LogP contribution in [0.5, 0.6) is 0 Å². The van der Waals surface area contributed by atoms with Gasteiger partial charge in [0.2, 0.25) is 11.8 Å². The van der Waals surface area contributed by atoms with Crippen LogP contribution in [0.2, 0.25) is 0 Å². The van der Waals surface area contributed by atoms with Gasteiger partial charge >= 0.3 is 0 Å². The van der Waals surface area contributed by atoms with Crippen LogP contribution in [0.1, 0.15) is 42.6 Å². The highest BCUT2D eigenvalue weighted by Crippen LogP contribution is 2.22. The molecule has 0 bridgehead atoms. The molecule has 0 saturated carbocycles. The van der Waals surface area contributed by atoms with Crippen LogP contribution < -0.4 is 16.0 Å². The van der Waals surface area contributed by atoms with Crippen molar-refractivity contribution in [3.8, 4) is 0 Å². The molecule has 3 heterocycles. The minimum Gasteiger partial charge on any atom is -0.373 e. The number of aromatic nitrogens is 1. The number of nitrogens with zero attached hydrogens (tertiary/aromatic N) is 2. The number of anilines is 1. The number of pyridine rings is 1. The molecule has 0 aromatic carbocycles. The van der Waals surface area contributed by atoms with Crippen molar-refractivity contribution in [2.75, 3.05) is 25.5 Å². The summed E-state index contributed by atoms with van der Waals surface area (Å²) >= 11 is 0. The van der Waals surface area contributed by atoms with E-state index in [0.29, 0.717) is 43.9 Å². The molecule has 0 aliphatic carbocycles. The van der Waals surface area contributed by atoms with Gasteiger partial charge in [0, 0.05) is 32.6 Å². The Balaban J connectivity index is 1.52. The van der Waals surface area contributed by atoms with Crippen molar-refractivity contribution in [2.45, 2.75) is 44.2 Å². The van der Waals surface area contributed by atoms with E-state index in [1.54, 1.807) is 13.1 Å². The second-order valence-electron chi connectivity index (χ2n) is 6.69. The summed E-state index contributed by atoms with van der Waals surface area (Å²) in [5.41, 5.74) is 0.432. The zero-order valence-corrected chi connectivity index (χ0v) is 15.0. The highest BCUT2D eigenvalue weighted by molar-refractivity contribution is 5.93. The first-order chi connectivity index (χ1) is 12.6. The van der Waals surface area contributed by atoms with E-state index in [1.165, 1.54) is 0 Å². The molecule has 3 rings (SSSR count). The Morgan fingerprint density at radius 1 is 1.35 bits per heavy atom. The summed E-state index contributed by atoms with van der Waals surface area (Å²) in [7, 11) is 1.77. The maximum absolute atomic E-state index is 12.8. The molecule has 8 heteroatoms. The van der Waals surface area contributed by atoms with Gasteiger partial charge in [-0.2, -0.15) is 0 Å². The molecule has 2 aliphatic heterocycles. The van der Waals surface area contributed by atoms with Gasteiger partial charge in [-0.3, -0.25) is 14.4 Å². The Morgan fingerprint density at radius 3 is 2.92 bits per heavy atom. The van der Waals surface area contributed by atoms with Crippen molar-refractivity contribution in [3.63, 3.8) is 0 Å². The fraction of sp³-hybridized carbons (Fsp3) is 0.556. The molecular weight excluding hydrogens is 334 g/mol. The van der Waals surface area contributed by atoms with Crippen LogP contribution in [0, 0.1) is 0 Å². The van der Waals surface area contributed by atoms with E-state index >= 15 is 0 Å². The lowest BCUT2D eigenvalue weighted by Gasteiger charge is -2.25. The minimum atomic E-state index is -0.419. The first kappa shape index (κ1) is 18.2. The molecule has 26 heavy (non-hydrogen) atoms. The first-order valence-corrected chi connectivity index (χ1v) is 9.11. The lowest BCUT2D eigenvalue weighted by Crippen LogP contribution is -2.43. The maximum atomic E-state index is 12.8. The fourth-order valence-corrected chi connectivity index (χ4v) is 3.54. The zero-order valence-electron chi connectivity index (χ0n) is 15.0. The maximum Gasteiger partial charge on any atom is 0.272 e. The van der Waals surface area contributed by atoms with E-state index in [1.807, 2.05) is 17.0 Å². The molecule has 1 aromatic rings. The Bertz CT molecular complexity index is 693. The molecule has 2 atom stereocenters. The van der Waals surface area contributed by atoms with Crippen LogP contribution >= 0.6 is 0 Å². The molecule has 0 radical (unpaired) electrons. The standard InChI is InChI=1S/C18H25N5O3/c1-19-15-6-2-5-14(21-15)18(26)23-11-3-4-12(23)9-10-20-17(25)13-7-8-16(24)22-13/h2,5-6,12-13H,3-4,7-11H2,1H3,(H,19,21)(H,20,25)(H,22,24)/t12-,13?/m1/s1. The van der Waals surface area contributed by atoms with Crippen molar-refractivity contribution >= 4 is 23.5 Å². The van der Waals surface area contributed by atoms with Crippen LogP contribution in [-0.2, 0) is 9.59 Å². The monoisotopic (exact) mass is 359 g/mol. The highest BCUT2D eigenvalue weighted by Gasteiger charge is 2.31. The van der Waals surface area contributed by atoms with Gasteiger partial charge in [0.05, 0.1) is 0 Å². The number of hydrogen-bond acceptors (Lipinski definition) is 5. The van der Waals surface area contributed by atoms with Gasteiger partial charge in [0.15, 0.2) is 0 Å². The van der Waals surface area contributed by atoms with Gasteiger partial charge in [-0.15, -0.1) is 0 Å². The molecule has 8 nitrogen and oxygen atoms in total. The van der Waals surface area contributed by atoms with Crippen LogP contribution in [0.3, 0.4) is 0 Å². The lowest BCUT2D eigenvalue weighted by molar-refractivity contribution is -0.125. The van der Waals surface area contributed by atoms with E-state index < -0.39 is 6.04 Å². The first-order valence-electron chi connectivity index (χ1n) is 9.11.